The number of benzene rings is 1. The number of aromatic carboxylic acids is 1. The normalized spacial score (nSPS) is 16.4. The van der Waals surface area contributed by atoms with Gasteiger partial charge in [0, 0.05) is 13.1 Å². The molecule has 0 heterocycles. The molecule has 98 valence electrons. The van der Waals surface area contributed by atoms with Gasteiger partial charge in [0.25, 0.3) is 0 Å². The van der Waals surface area contributed by atoms with Crippen molar-refractivity contribution in [2.45, 2.75) is 25.8 Å². The SMILES string of the molecule is CC(C1CC1)N(C)c1c(F)cc(C(=O)O)cc1F. The van der Waals surface area contributed by atoms with E-state index in [0.717, 1.165) is 25.0 Å². The molecule has 1 aromatic carbocycles. The second-order valence-electron chi connectivity index (χ2n) is 4.78. The van der Waals surface area contributed by atoms with Gasteiger partial charge >= 0.3 is 5.97 Å². The van der Waals surface area contributed by atoms with E-state index in [9.17, 15) is 13.6 Å². The Balaban J connectivity index is 2.35. The van der Waals surface area contributed by atoms with E-state index in [1.54, 1.807) is 11.9 Å². The average Bonchev–Trinajstić information content (AvgIpc) is 3.10. The minimum Gasteiger partial charge on any atom is -0.478 e. The predicted octanol–water partition coefficient (Wildman–Crippen LogP) is 2.90. The predicted molar refractivity (Wildman–Crippen MR) is 63.9 cm³/mol. The number of hydrogen-bond donors (Lipinski definition) is 1. The fourth-order valence-electron chi connectivity index (χ4n) is 2.12. The molecule has 1 saturated carbocycles. The maximum Gasteiger partial charge on any atom is 0.335 e. The Kier molecular flexibility index (Phi) is 3.24. The molecule has 1 aliphatic carbocycles. The first-order valence-electron chi connectivity index (χ1n) is 5.87. The second kappa shape index (κ2) is 4.55. The summed E-state index contributed by atoms with van der Waals surface area (Å²) >= 11 is 0. The summed E-state index contributed by atoms with van der Waals surface area (Å²) in [5.41, 5.74) is -0.527. The molecular formula is C13H15F2NO2. The van der Waals surface area contributed by atoms with E-state index in [1.807, 2.05) is 6.92 Å². The monoisotopic (exact) mass is 255 g/mol. The van der Waals surface area contributed by atoms with Crippen LogP contribution in [0.3, 0.4) is 0 Å². The summed E-state index contributed by atoms with van der Waals surface area (Å²) in [6.45, 7) is 1.92. The molecule has 0 bridgehead atoms. The van der Waals surface area contributed by atoms with Gasteiger partial charge in [-0.15, -0.1) is 0 Å². The number of carboxylic acid groups (broad SMARTS) is 1. The van der Waals surface area contributed by atoms with Crippen LogP contribution >= 0.6 is 0 Å². The lowest BCUT2D eigenvalue weighted by Gasteiger charge is -2.27. The van der Waals surface area contributed by atoms with Crippen molar-refractivity contribution in [3.63, 3.8) is 0 Å². The minimum absolute atomic E-state index is 0.0460. The van der Waals surface area contributed by atoms with Gasteiger partial charge in [-0.25, -0.2) is 13.6 Å². The van der Waals surface area contributed by atoms with Gasteiger partial charge < -0.3 is 10.0 Å². The van der Waals surface area contributed by atoms with Crippen molar-refractivity contribution in [2.75, 3.05) is 11.9 Å². The Morgan fingerprint density at radius 2 is 1.89 bits per heavy atom. The van der Waals surface area contributed by atoms with Gasteiger partial charge in [0.1, 0.15) is 17.3 Å². The van der Waals surface area contributed by atoms with Crippen molar-refractivity contribution < 1.29 is 18.7 Å². The molecular weight excluding hydrogens is 240 g/mol. The number of hydrogen-bond acceptors (Lipinski definition) is 2. The maximum absolute atomic E-state index is 13.8. The van der Waals surface area contributed by atoms with Crippen molar-refractivity contribution in [1.82, 2.24) is 0 Å². The Morgan fingerprint density at radius 3 is 2.28 bits per heavy atom. The zero-order valence-electron chi connectivity index (χ0n) is 10.3. The third kappa shape index (κ3) is 2.30. The minimum atomic E-state index is -1.34. The summed E-state index contributed by atoms with van der Waals surface area (Å²) in [7, 11) is 1.63. The van der Waals surface area contributed by atoms with Gasteiger partial charge in [-0.2, -0.15) is 0 Å². The Labute approximate surface area is 104 Å². The topological polar surface area (TPSA) is 40.5 Å². The van der Waals surface area contributed by atoms with Crippen LogP contribution in [0, 0.1) is 17.6 Å². The third-order valence-electron chi connectivity index (χ3n) is 3.53. The number of halogens is 2. The third-order valence-corrected chi connectivity index (χ3v) is 3.53. The van der Waals surface area contributed by atoms with Crippen LogP contribution in [0.4, 0.5) is 14.5 Å². The maximum atomic E-state index is 13.8. The zero-order chi connectivity index (χ0) is 13.4. The fraction of sp³-hybridized carbons (Fsp3) is 0.462. The number of carbonyl (C=O) groups is 1. The first-order chi connectivity index (χ1) is 8.41. The molecule has 1 aliphatic rings. The summed E-state index contributed by atoms with van der Waals surface area (Å²) < 4.78 is 27.6. The summed E-state index contributed by atoms with van der Waals surface area (Å²) in [5.74, 6) is -2.53. The molecule has 0 aromatic heterocycles. The van der Waals surface area contributed by atoms with Gasteiger partial charge in [-0.3, -0.25) is 0 Å². The van der Waals surface area contributed by atoms with Crippen LogP contribution in [-0.4, -0.2) is 24.2 Å². The smallest absolute Gasteiger partial charge is 0.335 e. The molecule has 2 rings (SSSR count). The molecule has 0 radical (unpaired) electrons. The second-order valence-corrected chi connectivity index (χ2v) is 4.78. The number of rotatable bonds is 4. The summed E-state index contributed by atoms with van der Waals surface area (Å²) in [6, 6.07) is 1.76. The van der Waals surface area contributed by atoms with Crippen molar-refractivity contribution in [3.8, 4) is 0 Å². The number of carboxylic acids is 1. The van der Waals surface area contributed by atoms with Gasteiger partial charge in [0.05, 0.1) is 5.56 Å². The highest BCUT2D eigenvalue weighted by Gasteiger charge is 2.32. The van der Waals surface area contributed by atoms with E-state index in [4.69, 9.17) is 5.11 Å². The van der Waals surface area contributed by atoms with E-state index in [2.05, 4.69) is 0 Å². The average molecular weight is 255 g/mol. The summed E-state index contributed by atoms with van der Waals surface area (Å²) in [5, 5.41) is 8.72. The Morgan fingerprint density at radius 1 is 1.39 bits per heavy atom. The zero-order valence-corrected chi connectivity index (χ0v) is 10.3. The van der Waals surface area contributed by atoms with Crippen LogP contribution in [0.1, 0.15) is 30.1 Å². The molecule has 5 heteroatoms. The highest BCUT2D eigenvalue weighted by Crippen LogP contribution is 2.37. The van der Waals surface area contributed by atoms with Crippen LogP contribution in [0.25, 0.3) is 0 Å². The molecule has 1 atom stereocenters. The molecule has 0 saturated heterocycles. The lowest BCUT2D eigenvalue weighted by Crippen LogP contribution is -2.32. The number of anilines is 1. The van der Waals surface area contributed by atoms with Gasteiger partial charge in [-0.1, -0.05) is 0 Å². The van der Waals surface area contributed by atoms with Crippen LogP contribution < -0.4 is 4.90 Å². The standard InChI is InChI=1S/C13H15F2NO2/c1-7(8-3-4-8)16(2)12-10(14)5-9(13(17)18)6-11(12)15/h5-8H,3-4H2,1-2H3,(H,17,18). The van der Waals surface area contributed by atoms with E-state index >= 15 is 0 Å². The van der Waals surface area contributed by atoms with Crippen molar-refractivity contribution in [1.29, 1.82) is 0 Å². The van der Waals surface area contributed by atoms with E-state index in [0.29, 0.717) is 5.92 Å². The first kappa shape index (κ1) is 12.8. The molecule has 0 aliphatic heterocycles. The molecule has 1 fully saturated rings. The largest absolute Gasteiger partial charge is 0.478 e. The lowest BCUT2D eigenvalue weighted by atomic mass is 10.1. The van der Waals surface area contributed by atoms with Crippen LogP contribution in [-0.2, 0) is 0 Å². The molecule has 0 spiro atoms. The van der Waals surface area contributed by atoms with E-state index in [-0.39, 0.29) is 17.3 Å². The molecule has 3 nitrogen and oxygen atoms in total. The van der Waals surface area contributed by atoms with Gasteiger partial charge in [-0.05, 0) is 37.8 Å². The highest BCUT2D eigenvalue weighted by molar-refractivity contribution is 5.88. The summed E-state index contributed by atoms with van der Waals surface area (Å²) in [6.07, 6.45) is 2.14. The number of nitrogens with zero attached hydrogens (tertiary/aromatic N) is 1. The molecule has 1 aromatic rings. The Bertz CT molecular complexity index is 463. The van der Waals surface area contributed by atoms with Crippen molar-refractivity contribution >= 4 is 11.7 Å². The molecule has 18 heavy (non-hydrogen) atoms. The molecule has 0 amide bonds. The lowest BCUT2D eigenvalue weighted by molar-refractivity contribution is 0.0696. The fourth-order valence-corrected chi connectivity index (χ4v) is 2.12. The van der Waals surface area contributed by atoms with Crippen LogP contribution in [0.2, 0.25) is 0 Å². The van der Waals surface area contributed by atoms with E-state index < -0.39 is 17.6 Å². The highest BCUT2D eigenvalue weighted by atomic mass is 19.1. The van der Waals surface area contributed by atoms with Gasteiger partial charge in [0.2, 0.25) is 0 Å². The van der Waals surface area contributed by atoms with Crippen LogP contribution in [0.5, 0.6) is 0 Å². The van der Waals surface area contributed by atoms with Crippen molar-refractivity contribution in [3.05, 3.63) is 29.3 Å². The van der Waals surface area contributed by atoms with Crippen molar-refractivity contribution in [2.24, 2.45) is 5.92 Å². The van der Waals surface area contributed by atoms with E-state index in [1.165, 1.54) is 0 Å². The first-order valence-corrected chi connectivity index (χ1v) is 5.87. The van der Waals surface area contributed by atoms with Gasteiger partial charge in [0.15, 0.2) is 0 Å². The quantitative estimate of drug-likeness (QED) is 0.899. The van der Waals surface area contributed by atoms with Crippen LogP contribution in [0.15, 0.2) is 12.1 Å². The molecule has 1 unspecified atom stereocenters. The summed E-state index contributed by atoms with van der Waals surface area (Å²) in [4.78, 5) is 12.2. The molecule has 1 N–H and O–H groups in total. The Hall–Kier alpha value is -1.65.